The van der Waals surface area contributed by atoms with E-state index in [1.807, 2.05) is 41.4 Å². The smallest absolute Gasteiger partial charge is 0.253 e. The van der Waals surface area contributed by atoms with E-state index in [0.717, 1.165) is 54.6 Å². The van der Waals surface area contributed by atoms with Crippen molar-refractivity contribution in [2.75, 3.05) is 13.1 Å². The summed E-state index contributed by atoms with van der Waals surface area (Å²) in [6, 6.07) is 19.7. The minimum Gasteiger partial charge on any atom is -0.338 e. The Morgan fingerprint density at radius 2 is 1.87 bits per heavy atom. The van der Waals surface area contributed by atoms with Crippen molar-refractivity contribution in [3.63, 3.8) is 0 Å². The van der Waals surface area contributed by atoms with Gasteiger partial charge in [-0.15, -0.1) is 0 Å². The quantitative estimate of drug-likeness (QED) is 0.454. The molecule has 2 aliphatic rings. The fourth-order valence-electron chi connectivity index (χ4n) is 5.08. The highest BCUT2D eigenvalue weighted by Gasteiger charge is 2.47. The van der Waals surface area contributed by atoms with E-state index in [4.69, 9.17) is 16.7 Å². The summed E-state index contributed by atoms with van der Waals surface area (Å²) < 4.78 is 2.12. The van der Waals surface area contributed by atoms with Crippen LogP contribution < -0.4 is 0 Å². The molecule has 2 aromatic heterocycles. The van der Waals surface area contributed by atoms with Crippen LogP contribution in [0.2, 0.25) is 5.02 Å². The number of aryl methyl sites for hydroxylation is 1. The van der Waals surface area contributed by atoms with Crippen molar-refractivity contribution in [3.8, 4) is 11.3 Å². The molecule has 0 radical (unpaired) electrons. The van der Waals surface area contributed by atoms with Gasteiger partial charge in [-0.3, -0.25) is 14.5 Å². The largest absolute Gasteiger partial charge is 0.338 e. The van der Waals surface area contributed by atoms with Crippen LogP contribution in [0.1, 0.15) is 28.9 Å². The van der Waals surface area contributed by atoms with Gasteiger partial charge in [0.1, 0.15) is 0 Å². The van der Waals surface area contributed by atoms with Crippen molar-refractivity contribution < 1.29 is 4.79 Å². The van der Waals surface area contributed by atoms with E-state index in [-0.39, 0.29) is 11.3 Å². The molecule has 4 heterocycles. The van der Waals surface area contributed by atoms with Gasteiger partial charge in [-0.1, -0.05) is 35.9 Å². The first-order chi connectivity index (χ1) is 15.1. The molecular formula is C25H21ClN4O. The molecule has 31 heavy (non-hydrogen) atoms. The second-order valence-electron chi connectivity index (χ2n) is 8.57. The fraction of sp³-hybridized carbons (Fsp3) is 0.240. The number of pyridine rings is 1. The molecule has 0 N–H and O–H groups in total. The van der Waals surface area contributed by atoms with E-state index in [2.05, 4.69) is 27.9 Å². The van der Waals surface area contributed by atoms with Gasteiger partial charge in [0.15, 0.2) is 0 Å². The zero-order chi connectivity index (χ0) is 21.0. The van der Waals surface area contributed by atoms with Gasteiger partial charge in [-0.05, 0) is 49.2 Å². The summed E-state index contributed by atoms with van der Waals surface area (Å²) in [7, 11) is 0. The molecule has 0 bridgehead atoms. The van der Waals surface area contributed by atoms with E-state index in [1.54, 1.807) is 12.1 Å². The number of para-hydroxylation sites is 1. The molecule has 1 spiro atoms. The third-order valence-corrected chi connectivity index (χ3v) is 6.96. The van der Waals surface area contributed by atoms with E-state index < -0.39 is 0 Å². The molecule has 2 aromatic carbocycles. The van der Waals surface area contributed by atoms with E-state index >= 15 is 0 Å². The Hall–Kier alpha value is -3.18. The van der Waals surface area contributed by atoms with Gasteiger partial charge in [0.05, 0.1) is 11.2 Å². The summed E-state index contributed by atoms with van der Waals surface area (Å²) in [6.45, 7) is 2.36. The second kappa shape index (κ2) is 6.92. The minimum absolute atomic E-state index is 0.0240. The van der Waals surface area contributed by atoms with E-state index in [0.29, 0.717) is 10.6 Å². The lowest BCUT2D eigenvalue weighted by molar-refractivity contribution is 0.0783. The van der Waals surface area contributed by atoms with Crippen LogP contribution in [0.3, 0.4) is 0 Å². The first-order valence-corrected chi connectivity index (χ1v) is 11.0. The van der Waals surface area contributed by atoms with Gasteiger partial charge in [-0.2, -0.15) is 5.10 Å². The Labute approximate surface area is 185 Å². The topological polar surface area (TPSA) is 51.0 Å². The number of aromatic nitrogens is 3. The maximum atomic E-state index is 13.0. The van der Waals surface area contributed by atoms with Crippen molar-refractivity contribution in [1.82, 2.24) is 19.7 Å². The molecule has 2 aliphatic heterocycles. The fourth-order valence-corrected chi connectivity index (χ4v) is 5.27. The summed E-state index contributed by atoms with van der Waals surface area (Å²) in [4.78, 5) is 19.6. The lowest BCUT2D eigenvalue weighted by Gasteiger charge is -2.23. The summed E-state index contributed by atoms with van der Waals surface area (Å²) in [6.07, 6.45) is 3.88. The van der Waals surface area contributed by atoms with Gasteiger partial charge >= 0.3 is 0 Å². The predicted octanol–water partition coefficient (Wildman–Crippen LogP) is 4.94. The summed E-state index contributed by atoms with van der Waals surface area (Å²) in [5.41, 5.74) is 4.83. The van der Waals surface area contributed by atoms with Crippen LogP contribution in [-0.4, -0.2) is 38.7 Å². The normalized spacial score (nSPS) is 20.0. The number of nitrogens with zero attached hydrogens (tertiary/aromatic N) is 4. The number of benzene rings is 2. The zero-order valence-electron chi connectivity index (χ0n) is 17.0. The van der Waals surface area contributed by atoms with Gasteiger partial charge in [0, 0.05) is 58.5 Å². The monoisotopic (exact) mass is 428 g/mol. The SMILES string of the molecule is O=C(c1cccc(Cl)c1)N1CCC2(CCn3nc(-c4cnc5ccccc5c4)cc32)C1. The Kier molecular flexibility index (Phi) is 4.15. The van der Waals surface area contributed by atoms with Crippen molar-refractivity contribution in [2.45, 2.75) is 24.8 Å². The molecule has 1 atom stereocenters. The number of carbonyl (C=O) groups excluding carboxylic acids is 1. The highest BCUT2D eigenvalue weighted by atomic mass is 35.5. The highest BCUT2D eigenvalue weighted by molar-refractivity contribution is 6.30. The van der Waals surface area contributed by atoms with Crippen molar-refractivity contribution in [2.24, 2.45) is 0 Å². The third-order valence-electron chi connectivity index (χ3n) is 6.72. The second-order valence-corrected chi connectivity index (χ2v) is 9.01. The van der Waals surface area contributed by atoms with Gasteiger partial charge in [0.2, 0.25) is 0 Å². The first kappa shape index (κ1) is 18.6. The molecule has 1 saturated heterocycles. The number of hydrogen-bond donors (Lipinski definition) is 0. The van der Waals surface area contributed by atoms with E-state index in [9.17, 15) is 4.79 Å². The van der Waals surface area contributed by atoms with Crippen LogP contribution in [0.4, 0.5) is 0 Å². The molecule has 6 rings (SSSR count). The lowest BCUT2D eigenvalue weighted by atomic mass is 9.82. The Morgan fingerprint density at radius 1 is 1.00 bits per heavy atom. The van der Waals surface area contributed by atoms with Crippen molar-refractivity contribution in [1.29, 1.82) is 0 Å². The molecule has 1 unspecified atom stereocenters. The Bertz CT molecular complexity index is 1330. The Balaban J connectivity index is 1.30. The standard InChI is InChI=1S/C25H21ClN4O/c26-20-6-3-5-18(13-20)24(31)29-10-8-25(16-29)9-11-30-23(25)14-22(28-30)19-12-17-4-1-2-7-21(17)27-15-19/h1-7,12-15H,8-11,16H2. The van der Waals surface area contributed by atoms with Crippen LogP contribution in [0.25, 0.3) is 22.2 Å². The number of halogens is 1. The highest BCUT2D eigenvalue weighted by Crippen LogP contribution is 2.44. The average Bonchev–Trinajstić information content (AvgIpc) is 3.50. The molecule has 6 heteroatoms. The molecule has 4 aromatic rings. The van der Waals surface area contributed by atoms with Crippen LogP contribution in [0.15, 0.2) is 66.9 Å². The number of fused-ring (bicyclic) bond motifs is 3. The van der Waals surface area contributed by atoms with Gasteiger partial charge in [0.25, 0.3) is 5.91 Å². The van der Waals surface area contributed by atoms with Gasteiger partial charge in [-0.25, -0.2) is 0 Å². The maximum absolute atomic E-state index is 13.0. The number of amides is 1. The molecule has 0 aliphatic carbocycles. The van der Waals surface area contributed by atoms with Gasteiger partial charge < -0.3 is 4.90 Å². The minimum atomic E-state index is -0.0240. The molecule has 0 saturated carbocycles. The van der Waals surface area contributed by atoms with Crippen LogP contribution in [0, 0.1) is 0 Å². The first-order valence-electron chi connectivity index (χ1n) is 10.6. The summed E-state index contributed by atoms with van der Waals surface area (Å²) >= 11 is 6.09. The summed E-state index contributed by atoms with van der Waals surface area (Å²) in [5.74, 6) is 0.0521. The maximum Gasteiger partial charge on any atom is 0.253 e. The summed E-state index contributed by atoms with van der Waals surface area (Å²) in [5, 5.41) is 6.59. The number of carbonyl (C=O) groups is 1. The lowest BCUT2D eigenvalue weighted by Crippen LogP contribution is -2.33. The van der Waals surface area contributed by atoms with E-state index in [1.165, 1.54) is 5.69 Å². The Morgan fingerprint density at radius 3 is 2.77 bits per heavy atom. The zero-order valence-corrected chi connectivity index (χ0v) is 17.7. The van der Waals surface area contributed by atoms with Crippen LogP contribution >= 0.6 is 11.6 Å². The van der Waals surface area contributed by atoms with Crippen molar-refractivity contribution >= 4 is 28.4 Å². The molecule has 154 valence electrons. The van der Waals surface area contributed by atoms with Crippen LogP contribution in [-0.2, 0) is 12.0 Å². The molecule has 1 fully saturated rings. The average molecular weight is 429 g/mol. The van der Waals surface area contributed by atoms with Crippen molar-refractivity contribution in [3.05, 3.63) is 83.1 Å². The molecule has 1 amide bonds. The predicted molar refractivity (Wildman–Crippen MR) is 121 cm³/mol. The molecule has 5 nitrogen and oxygen atoms in total. The molecular weight excluding hydrogens is 408 g/mol. The van der Waals surface area contributed by atoms with Crippen LogP contribution in [0.5, 0.6) is 0 Å². The number of rotatable bonds is 2. The number of likely N-dealkylation sites (tertiary alicyclic amines) is 1. The number of hydrogen-bond acceptors (Lipinski definition) is 3. The third kappa shape index (κ3) is 3.03.